The highest BCUT2D eigenvalue weighted by Crippen LogP contribution is 2.36. The van der Waals surface area contributed by atoms with E-state index in [0.29, 0.717) is 5.92 Å². The maximum absolute atomic E-state index is 2.59. The van der Waals surface area contributed by atoms with Gasteiger partial charge in [-0.3, -0.25) is 0 Å². The fourth-order valence-corrected chi connectivity index (χ4v) is 4.96. The van der Waals surface area contributed by atoms with Gasteiger partial charge in [-0.05, 0) is 59.6 Å². The molecule has 0 bridgehead atoms. The lowest BCUT2D eigenvalue weighted by Crippen LogP contribution is -2.16. The number of aromatic nitrogens is 1. The van der Waals surface area contributed by atoms with Gasteiger partial charge in [-0.2, -0.15) is 0 Å². The van der Waals surface area contributed by atoms with E-state index in [0.717, 1.165) is 6.54 Å². The lowest BCUT2D eigenvalue weighted by molar-refractivity contribution is 0.473. The largest absolute Gasteiger partial charge is 0.340 e. The van der Waals surface area contributed by atoms with Crippen molar-refractivity contribution >= 4 is 21.8 Å². The molecule has 0 radical (unpaired) electrons. The molecule has 2 aromatic carbocycles. The van der Waals surface area contributed by atoms with E-state index in [-0.39, 0.29) is 5.41 Å². The molecule has 0 saturated heterocycles. The normalized spacial score (nSPS) is 12.5. The van der Waals surface area contributed by atoms with Crippen LogP contribution in [0.15, 0.2) is 36.4 Å². The Morgan fingerprint density at radius 2 is 1.40 bits per heavy atom. The Morgan fingerprint density at radius 1 is 0.767 bits per heavy atom. The molecule has 164 valence electrons. The van der Waals surface area contributed by atoms with E-state index in [1.807, 2.05) is 0 Å². The Labute approximate surface area is 184 Å². The van der Waals surface area contributed by atoms with Gasteiger partial charge in [-0.25, -0.2) is 0 Å². The predicted molar refractivity (Wildman–Crippen MR) is 135 cm³/mol. The van der Waals surface area contributed by atoms with Gasteiger partial charge in [0.2, 0.25) is 0 Å². The first kappa shape index (κ1) is 22.9. The van der Waals surface area contributed by atoms with Crippen LogP contribution in [-0.4, -0.2) is 4.57 Å². The van der Waals surface area contributed by atoms with Gasteiger partial charge in [0.15, 0.2) is 0 Å². The van der Waals surface area contributed by atoms with E-state index in [1.54, 1.807) is 0 Å². The zero-order valence-electron chi connectivity index (χ0n) is 20.4. The number of nitrogens with zero attached hydrogens (tertiary/aromatic N) is 1. The summed E-state index contributed by atoms with van der Waals surface area (Å²) in [5, 5.41) is 2.89. The third-order valence-electron chi connectivity index (χ3n) is 6.95. The molecule has 30 heavy (non-hydrogen) atoms. The second-order valence-electron chi connectivity index (χ2n) is 10.2. The smallest absolute Gasteiger partial charge is 0.0491 e. The highest BCUT2D eigenvalue weighted by atomic mass is 15.0. The van der Waals surface area contributed by atoms with Gasteiger partial charge in [0, 0.05) is 28.4 Å². The molecule has 0 aliphatic carbocycles. The first-order chi connectivity index (χ1) is 14.4. The molecular formula is C29H43N. The quantitative estimate of drug-likeness (QED) is 0.280. The van der Waals surface area contributed by atoms with Gasteiger partial charge >= 0.3 is 0 Å². The number of aryl methyl sites for hydroxylation is 1. The van der Waals surface area contributed by atoms with Gasteiger partial charge in [-0.1, -0.05) is 92.2 Å². The van der Waals surface area contributed by atoms with Gasteiger partial charge < -0.3 is 4.57 Å². The molecule has 1 heteroatoms. The molecule has 3 aromatic rings. The number of fused-ring (bicyclic) bond motifs is 3. The molecule has 0 fully saturated rings. The summed E-state index contributed by atoms with van der Waals surface area (Å²) >= 11 is 0. The molecular weight excluding hydrogens is 362 g/mol. The zero-order chi connectivity index (χ0) is 21.7. The molecule has 0 atom stereocenters. The molecule has 3 rings (SSSR count). The molecule has 0 aliphatic heterocycles. The lowest BCUT2D eigenvalue weighted by Gasteiger charge is -2.25. The van der Waals surface area contributed by atoms with Crippen molar-refractivity contribution in [2.45, 2.75) is 111 Å². The van der Waals surface area contributed by atoms with Crippen LogP contribution < -0.4 is 0 Å². The van der Waals surface area contributed by atoms with Crippen LogP contribution in [0.25, 0.3) is 21.8 Å². The van der Waals surface area contributed by atoms with E-state index in [2.05, 4.69) is 82.5 Å². The maximum atomic E-state index is 2.59. The topological polar surface area (TPSA) is 4.93 Å². The van der Waals surface area contributed by atoms with Crippen LogP contribution in [0.3, 0.4) is 0 Å². The number of hydrogen-bond acceptors (Lipinski definition) is 0. The van der Waals surface area contributed by atoms with Crippen LogP contribution in [0.4, 0.5) is 0 Å². The summed E-state index contributed by atoms with van der Waals surface area (Å²) in [7, 11) is 0. The molecule has 1 nitrogen and oxygen atoms in total. The van der Waals surface area contributed by atoms with Crippen LogP contribution in [0.5, 0.6) is 0 Å². The van der Waals surface area contributed by atoms with E-state index in [9.17, 15) is 0 Å². The minimum absolute atomic E-state index is 0.228. The Hall–Kier alpha value is -1.76. The molecule has 1 aromatic heterocycles. The first-order valence-corrected chi connectivity index (χ1v) is 12.5. The number of benzene rings is 2. The van der Waals surface area contributed by atoms with Crippen molar-refractivity contribution in [2.75, 3.05) is 0 Å². The monoisotopic (exact) mass is 405 g/mol. The Balaban J connectivity index is 2.01. The number of hydrogen-bond donors (Lipinski definition) is 0. The highest BCUT2D eigenvalue weighted by molar-refractivity contribution is 6.08. The Kier molecular flexibility index (Phi) is 7.66. The highest BCUT2D eigenvalue weighted by Gasteiger charge is 2.21. The van der Waals surface area contributed by atoms with E-state index in [4.69, 9.17) is 0 Å². The summed E-state index contributed by atoms with van der Waals surface area (Å²) in [6.07, 6.45) is 10.5. The molecule has 0 amide bonds. The zero-order valence-corrected chi connectivity index (χ0v) is 20.4. The standard InChI is InChI=1S/C29H43N/c1-7-9-10-11-12-13-19-30-27-16-14-23(22(3)4)20-25(27)26-21-24(15-17-28(26)30)29(5,6)18-8-2/h14-17,20-22H,7-13,18-19H2,1-6H3. The van der Waals surface area contributed by atoms with Crippen molar-refractivity contribution in [2.24, 2.45) is 0 Å². The maximum Gasteiger partial charge on any atom is 0.0491 e. The SMILES string of the molecule is CCCCCCCCn1c2ccc(C(C)C)cc2c2cc(C(C)(C)CCC)ccc21. The van der Waals surface area contributed by atoms with Crippen molar-refractivity contribution in [1.29, 1.82) is 0 Å². The van der Waals surface area contributed by atoms with Crippen LogP contribution >= 0.6 is 0 Å². The summed E-state index contributed by atoms with van der Waals surface area (Å²) < 4.78 is 2.59. The van der Waals surface area contributed by atoms with E-state index < -0.39 is 0 Å². The summed E-state index contributed by atoms with van der Waals surface area (Å²) in [5.74, 6) is 0.561. The first-order valence-electron chi connectivity index (χ1n) is 12.5. The average Bonchev–Trinajstić information content (AvgIpc) is 3.03. The Morgan fingerprint density at radius 3 is 2.07 bits per heavy atom. The van der Waals surface area contributed by atoms with Crippen molar-refractivity contribution < 1.29 is 0 Å². The summed E-state index contributed by atoms with van der Waals surface area (Å²) in [6, 6.07) is 14.4. The van der Waals surface area contributed by atoms with Crippen molar-refractivity contribution in [3.63, 3.8) is 0 Å². The van der Waals surface area contributed by atoms with E-state index in [1.165, 1.54) is 84.3 Å². The van der Waals surface area contributed by atoms with Crippen LogP contribution in [0, 0.1) is 0 Å². The third-order valence-corrected chi connectivity index (χ3v) is 6.95. The molecule has 0 aliphatic rings. The summed E-state index contributed by atoms with van der Waals surface area (Å²) in [5.41, 5.74) is 5.97. The second kappa shape index (κ2) is 10.0. The molecule has 0 spiro atoms. The van der Waals surface area contributed by atoms with Gasteiger partial charge in [0.25, 0.3) is 0 Å². The number of rotatable bonds is 11. The number of unbranched alkanes of at least 4 members (excludes halogenated alkanes) is 5. The van der Waals surface area contributed by atoms with Crippen LogP contribution in [0.1, 0.15) is 110 Å². The van der Waals surface area contributed by atoms with E-state index >= 15 is 0 Å². The minimum atomic E-state index is 0.228. The van der Waals surface area contributed by atoms with Crippen LogP contribution in [-0.2, 0) is 12.0 Å². The van der Waals surface area contributed by atoms with Gasteiger partial charge in [0.05, 0.1) is 0 Å². The summed E-state index contributed by atoms with van der Waals surface area (Å²) in [6.45, 7) is 15.1. The average molecular weight is 406 g/mol. The lowest BCUT2D eigenvalue weighted by atomic mass is 9.80. The van der Waals surface area contributed by atoms with Crippen LogP contribution in [0.2, 0.25) is 0 Å². The molecule has 1 heterocycles. The van der Waals surface area contributed by atoms with Gasteiger partial charge in [-0.15, -0.1) is 0 Å². The predicted octanol–water partition coefficient (Wildman–Crippen LogP) is 9.36. The Bertz CT molecular complexity index is 957. The fourth-order valence-electron chi connectivity index (χ4n) is 4.96. The van der Waals surface area contributed by atoms with Crippen molar-refractivity contribution in [3.8, 4) is 0 Å². The third kappa shape index (κ3) is 4.93. The molecule has 0 unspecified atom stereocenters. The summed E-state index contributed by atoms with van der Waals surface area (Å²) in [4.78, 5) is 0. The minimum Gasteiger partial charge on any atom is -0.340 e. The van der Waals surface area contributed by atoms with Crippen molar-refractivity contribution in [1.82, 2.24) is 4.57 Å². The molecule has 0 N–H and O–H groups in total. The fraction of sp³-hybridized carbons (Fsp3) is 0.586. The van der Waals surface area contributed by atoms with Gasteiger partial charge in [0.1, 0.15) is 0 Å². The second-order valence-corrected chi connectivity index (χ2v) is 10.2. The van der Waals surface area contributed by atoms with Crippen molar-refractivity contribution in [3.05, 3.63) is 47.5 Å². The molecule has 0 saturated carbocycles.